The van der Waals surface area contributed by atoms with E-state index in [1.165, 1.54) is 4.90 Å². The normalized spacial score (nSPS) is 14.7. The number of hydrogen-bond acceptors (Lipinski definition) is 4. The maximum Gasteiger partial charge on any atom is 0.414 e. The van der Waals surface area contributed by atoms with Crippen LogP contribution in [0.1, 0.15) is 10.4 Å². The van der Waals surface area contributed by atoms with E-state index in [4.69, 9.17) is 9.47 Å². The van der Waals surface area contributed by atoms with Crippen LogP contribution in [0.4, 0.5) is 4.79 Å². The number of carbonyl (C=O) groups excluding carboxylic acids is 2. The van der Waals surface area contributed by atoms with Crippen LogP contribution >= 0.6 is 15.9 Å². The van der Waals surface area contributed by atoms with E-state index in [9.17, 15) is 9.59 Å². The number of carbonyl (C=O) groups is 2. The maximum absolute atomic E-state index is 12.6. The van der Waals surface area contributed by atoms with Gasteiger partial charge in [-0.25, -0.2) is 4.79 Å². The molecule has 114 valence electrons. The van der Waals surface area contributed by atoms with Crippen LogP contribution in [-0.4, -0.2) is 62.2 Å². The number of morpholine rings is 1. The zero-order valence-corrected chi connectivity index (χ0v) is 13.6. The van der Waals surface area contributed by atoms with Crippen LogP contribution in [0, 0.1) is 0 Å². The smallest absolute Gasteiger partial charge is 0.409 e. The Hall–Kier alpha value is -1.60. The first-order valence-electron chi connectivity index (χ1n) is 6.54. The van der Waals surface area contributed by atoms with Crippen LogP contribution in [0.5, 0.6) is 5.75 Å². The van der Waals surface area contributed by atoms with Crippen molar-refractivity contribution in [2.45, 2.75) is 0 Å². The van der Waals surface area contributed by atoms with Crippen LogP contribution in [0.2, 0.25) is 0 Å². The molecule has 0 N–H and O–H groups in total. The lowest BCUT2D eigenvalue weighted by atomic mass is 10.1. The molecule has 21 heavy (non-hydrogen) atoms. The van der Waals surface area contributed by atoms with Gasteiger partial charge >= 0.3 is 6.09 Å². The summed E-state index contributed by atoms with van der Waals surface area (Å²) >= 11 is 3.34. The second-order valence-corrected chi connectivity index (χ2v) is 5.72. The molecule has 0 bridgehead atoms. The quantitative estimate of drug-likeness (QED) is 0.812. The van der Waals surface area contributed by atoms with E-state index in [0.717, 1.165) is 4.47 Å². The minimum Gasteiger partial charge on any atom is -0.409 e. The van der Waals surface area contributed by atoms with Crippen molar-refractivity contribution in [3.8, 4) is 5.75 Å². The van der Waals surface area contributed by atoms with Crippen molar-refractivity contribution in [1.29, 1.82) is 0 Å². The summed E-state index contributed by atoms with van der Waals surface area (Å²) < 4.78 is 11.3. The third kappa shape index (κ3) is 3.95. The number of nitrogens with zero attached hydrogens (tertiary/aromatic N) is 2. The minimum absolute atomic E-state index is 0.166. The number of rotatable bonds is 2. The SMILES string of the molecule is CN(C)C(=O)Oc1ccc(Br)cc1C(=O)N1CCOCC1. The van der Waals surface area contributed by atoms with E-state index >= 15 is 0 Å². The van der Waals surface area contributed by atoms with Gasteiger partial charge < -0.3 is 19.3 Å². The third-order valence-corrected chi connectivity index (χ3v) is 3.53. The summed E-state index contributed by atoms with van der Waals surface area (Å²) in [6.07, 6.45) is -0.520. The molecule has 1 aromatic carbocycles. The zero-order chi connectivity index (χ0) is 15.4. The lowest BCUT2D eigenvalue weighted by molar-refractivity contribution is 0.0301. The molecule has 7 heteroatoms. The topological polar surface area (TPSA) is 59.1 Å². The lowest BCUT2D eigenvalue weighted by Gasteiger charge is -2.27. The summed E-state index contributed by atoms with van der Waals surface area (Å²) in [6.45, 7) is 2.11. The lowest BCUT2D eigenvalue weighted by Crippen LogP contribution is -2.41. The molecule has 0 atom stereocenters. The van der Waals surface area contributed by atoms with Gasteiger partial charge in [-0.05, 0) is 18.2 Å². The van der Waals surface area contributed by atoms with E-state index in [0.29, 0.717) is 31.9 Å². The molecule has 0 aliphatic carbocycles. The van der Waals surface area contributed by atoms with E-state index in [2.05, 4.69) is 15.9 Å². The number of hydrogen-bond donors (Lipinski definition) is 0. The van der Waals surface area contributed by atoms with Gasteiger partial charge in [0.25, 0.3) is 5.91 Å². The van der Waals surface area contributed by atoms with Crippen molar-refractivity contribution < 1.29 is 19.1 Å². The fourth-order valence-corrected chi connectivity index (χ4v) is 2.24. The number of halogens is 1. The van der Waals surface area contributed by atoms with Crippen molar-refractivity contribution in [2.24, 2.45) is 0 Å². The van der Waals surface area contributed by atoms with E-state index in [-0.39, 0.29) is 11.7 Å². The summed E-state index contributed by atoms with van der Waals surface area (Å²) in [5.74, 6) is 0.0922. The van der Waals surface area contributed by atoms with Gasteiger partial charge in [-0.2, -0.15) is 0 Å². The molecule has 0 spiro atoms. The predicted molar refractivity (Wildman–Crippen MR) is 80.6 cm³/mol. The van der Waals surface area contributed by atoms with Crippen LogP contribution < -0.4 is 4.74 Å². The highest BCUT2D eigenvalue weighted by Gasteiger charge is 2.23. The van der Waals surface area contributed by atoms with E-state index in [1.807, 2.05) is 0 Å². The highest BCUT2D eigenvalue weighted by Crippen LogP contribution is 2.25. The molecular weight excluding hydrogens is 340 g/mol. The molecule has 0 saturated carbocycles. The van der Waals surface area contributed by atoms with Gasteiger partial charge in [0.1, 0.15) is 5.75 Å². The Morgan fingerprint density at radius 2 is 1.95 bits per heavy atom. The van der Waals surface area contributed by atoms with Crippen molar-refractivity contribution in [1.82, 2.24) is 9.80 Å². The van der Waals surface area contributed by atoms with Gasteiger partial charge in [-0.3, -0.25) is 4.79 Å². The summed E-state index contributed by atoms with van der Waals surface area (Å²) in [4.78, 5) is 27.3. The summed E-state index contributed by atoms with van der Waals surface area (Å²) in [6, 6.07) is 5.00. The number of benzene rings is 1. The largest absolute Gasteiger partial charge is 0.414 e. The Morgan fingerprint density at radius 3 is 2.57 bits per heavy atom. The molecule has 1 aliphatic rings. The molecule has 0 radical (unpaired) electrons. The van der Waals surface area contributed by atoms with Crippen molar-refractivity contribution in [3.63, 3.8) is 0 Å². The van der Waals surface area contributed by atoms with Crippen LogP contribution in [0.3, 0.4) is 0 Å². The molecule has 1 saturated heterocycles. The fourth-order valence-electron chi connectivity index (χ4n) is 1.88. The van der Waals surface area contributed by atoms with Gasteiger partial charge in [0.15, 0.2) is 0 Å². The first-order chi connectivity index (χ1) is 9.99. The molecule has 1 aliphatic heterocycles. The van der Waals surface area contributed by atoms with Gasteiger partial charge in [-0.1, -0.05) is 15.9 Å². The average molecular weight is 357 g/mol. The Morgan fingerprint density at radius 1 is 1.29 bits per heavy atom. The second-order valence-electron chi connectivity index (χ2n) is 4.81. The Kier molecular flexibility index (Phi) is 5.19. The number of ether oxygens (including phenoxy) is 2. The average Bonchev–Trinajstić information content (AvgIpc) is 2.49. The maximum atomic E-state index is 12.6. The Balaban J connectivity index is 2.25. The summed E-state index contributed by atoms with van der Waals surface area (Å²) in [5, 5.41) is 0. The molecule has 1 fully saturated rings. The van der Waals surface area contributed by atoms with Crippen LogP contribution in [-0.2, 0) is 4.74 Å². The Bertz CT molecular complexity index is 542. The van der Waals surface area contributed by atoms with Crippen molar-refractivity contribution >= 4 is 27.9 Å². The van der Waals surface area contributed by atoms with Gasteiger partial charge in [0.05, 0.1) is 18.8 Å². The molecule has 0 aromatic heterocycles. The predicted octanol–water partition coefficient (Wildman–Crippen LogP) is 1.98. The molecule has 2 amide bonds. The Labute approximate surface area is 131 Å². The molecular formula is C14H17BrN2O4. The minimum atomic E-state index is -0.520. The standard InChI is InChI=1S/C14H17BrN2O4/c1-16(2)14(19)21-12-4-3-10(15)9-11(12)13(18)17-5-7-20-8-6-17/h3-4,9H,5-8H2,1-2H3. The monoisotopic (exact) mass is 356 g/mol. The highest BCUT2D eigenvalue weighted by atomic mass is 79.9. The fraction of sp³-hybridized carbons (Fsp3) is 0.429. The molecule has 1 aromatic rings. The first-order valence-corrected chi connectivity index (χ1v) is 7.34. The van der Waals surface area contributed by atoms with E-state index < -0.39 is 6.09 Å². The molecule has 2 rings (SSSR count). The zero-order valence-electron chi connectivity index (χ0n) is 12.0. The van der Waals surface area contributed by atoms with Crippen molar-refractivity contribution in [3.05, 3.63) is 28.2 Å². The van der Waals surface area contributed by atoms with Gasteiger partial charge in [0.2, 0.25) is 0 Å². The van der Waals surface area contributed by atoms with Gasteiger partial charge in [-0.15, -0.1) is 0 Å². The highest BCUT2D eigenvalue weighted by molar-refractivity contribution is 9.10. The van der Waals surface area contributed by atoms with Gasteiger partial charge in [0, 0.05) is 31.7 Å². The molecule has 1 heterocycles. The first kappa shape index (κ1) is 15.8. The van der Waals surface area contributed by atoms with E-state index in [1.54, 1.807) is 37.2 Å². The van der Waals surface area contributed by atoms with Crippen LogP contribution in [0.25, 0.3) is 0 Å². The number of amides is 2. The summed E-state index contributed by atoms with van der Waals surface area (Å²) in [5.41, 5.74) is 0.362. The second kappa shape index (κ2) is 6.91. The molecule has 0 unspecified atom stereocenters. The van der Waals surface area contributed by atoms with Crippen molar-refractivity contribution in [2.75, 3.05) is 40.4 Å². The molecule has 6 nitrogen and oxygen atoms in total. The third-order valence-electron chi connectivity index (χ3n) is 3.03. The summed E-state index contributed by atoms with van der Waals surface area (Å²) in [7, 11) is 3.18. The van der Waals surface area contributed by atoms with Crippen LogP contribution in [0.15, 0.2) is 22.7 Å².